The molecule has 0 aliphatic heterocycles. The highest BCUT2D eigenvalue weighted by molar-refractivity contribution is 6.29. The van der Waals surface area contributed by atoms with E-state index in [1.807, 2.05) is 0 Å². The van der Waals surface area contributed by atoms with Crippen molar-refractivity contribution in [3.63, 3.8) is 0 Å². The topological polar surface area (TPSA) is 56.3 Å². The Kier molecular flexibility index (Phi) is 4.70. The average molecular weight is 298 g/mol. The molecule has 0 saturated carbocycles. The highest BCUT2D eigenvalue weighted by atomic mass is 35.5. The van der Waals surface area contributed by atoms with Gasteiger partial charge in [0.05, 0.1) is 7.11 Å². The van der Waals surface area contributed by atoms with Crippen molar-refractivity contribution in [3.05, 3.63) is 41.1 Å². The van der Waals surface area contributed by atoms with Crippen LogP contribution in [0.1, 0.15) is 5.82 Å². The second kappa shape index (κ2) is 6.49. The molecular weight excluding hydrogens is 285 g/mol. The summed E-state index contributed by atoms with van der Waals surface area (Å²) in [7, 11) is 2.95. The van der Waals surface area contributed by atoms with Crippen molar-refractivity contribution < 1.29 is 13.9 Å². The van der Waals surface area contributed by atoms with Gasteiger partial charge in [0.15, 0.2) is 17.4 Å². The molecule has 1 N–H and O–H groups in total. The number of aromatic nitrogens is 2. The fraction of sp³-hybridized carbons (Fsp3) is 0.231. The van der Waals surface area contributed by atoms with Gasteiger partial charge in [-0.15, -0.1) is 0 Å². The summed E-state index contributed by atoms with van der Waals surface area (Å²) in [6.07, 6.45) is 0. The normalized spacial score (nSPS) is 10.4. The lowest BCUT2D eigenvalue weighted by atomic mass is 10.3. The molecule has 1 aromatic carbocycles. The van der Waals surface area contributed by atoms with Crippen LogP contribution in [0.25, 0.3) is 0 Å². The SMILES string of the molecule is COCc1nc(Cl)cc(Nc2ccc(F)c(OC)c2)n1. The molecule has 0 aliphatic carbocycles. The molecule has 0 aliphatic rings. The van der Waals surface area contributed by atoms with Crippen molar-refractivity contribution in [3.8, 4) is 5.75 Å². The Morgan fingerprint density at radius 2 is 2.05 bits per heavy atom. The smallest absolute Gasteiger partial charge is 0.165 e. The lowest BCUT2D eigenvalue weighted by molar-refractivity contribution is 0.178. The monoisotopic (exact) mass is 297 g/mol. The van der Waals surface area contributed by atoms with Gasteiger partial charge >= 0.3 is 0 Å². The summed E-state index contributed by atoms with van der Waals surface area (Å²) in [5.74, 6) is 0.661. The molecule has 0 unspecified atom stereocenters. The highest BCUT2D eigenvalue weighted by Gasteiger charge is 2.06. The first-order valence-corrected chi connectivity index (χ1v) is 6.13. The molecule has 2 aromatic rings. The van der Waals surface area contributed by atoms with E-state index in [-0.39, 0.29) is 12.4 Å². The summed E-state index contributed by atoms with van der Waals surface area (Å²) in [5.41, 5.74) is 0.626. The van der Waals surface area contributed by atoms with Crippen LogP contribution in [0, 0.1) is 5.82 Å². The molecule has 7 heteroatoms. The Hall–Kier alpha value is -1.92. The third-order valence-electron chi connectivity index (χ3n) is 2.44. The summed E-state index contributed by atoms with van der Waals surface area (Å²) in [5, 5.41) is 3.30. The van der Waals surface area contributed by atoms with Crippen LogP contribution in [0.3, 0.4) is 0 Å². The van der Waals surface area contributed by atoms with Crippen LogP contribution < -0.4 is 10.1 Å². The van der Waals surface area contributed by atoms with Gasteiger partial charge in [0.25, 0.3) is 0 Å². The maximum absolute atomic E-state index is 13.3. The van der Waals surface area contributed by atoms with Crippen molar-refractivity contribution in [1.29, 1.82) is 0 Å². The first-order chi connectivity index (χ1) is 9.62. The summed E-state index contributed by atoms with van der Waals surface area (Å²) < 4.78 is 23.2. The van der Waals surface area contributed by atoms with Gasteiger partial charge in [-0.25, -0.2) is 14.4 Å². The number of anilines is 2. The van der Waals surface area contributed by atoms with Crippen molar-refractivity contribution in [2.24, 2.45) is 0 Å². The Labute approximate surface area is 120 Å². The fourth-order valence-electron chi connectivity index (χ4n) is 1.61. The number of nitrogens with one attached hydrogen (secondary N) is 1. The van der Waals surface area contributed by atoms with Gasteiger partial charge in [-0.1, -0.05) is 11.6 Å². The van der Waals surface area contributed by atoms with E-state index in [9.17, 15) is 4.39 Å². The van der Waals surface area contributed by atoms with E-state index >= 15 is 0 Å². The van der Waals surface area contributed by atoms with E-state index in [2.05, 4.69) is 15.3 Å². The van der Waals surface area contributed by atoms with Crippen molar-refractivity contribution in [1.82, 2.24) is 9.97 Å². The maximum Gasteiger partial charge on any atom is 0.165 e. The van der Waals surface area contributed by atoms with Crippen molar-refractivity contribution in [2.75, 3.05) is 19.5 Å². The van der Waals surface area contributed by atoms with E-state index in [0.717, 1.165) is 0 Å². The Morgan fingerprint density at radius 3 is 2.75 bits per heavy atom. The van der Waals surface area contributed by atoms with Crippen LogP contribution in [0.5, 0.6) is 5.75 Å². The first kappa shape index (κ1) is 14.5. The number of hydrogen-bond acceptors (Lipinski definition) is 5. The molecule has 0 radical (unpaired) electrons. The molecule has 0 atom stereocenters. The molecule has 0 spiro atoms. The Morgan fingerprint density at radius 1 is 1.25 bits per heavy atom. The molecule has 1 aromatic heterocycles. The zero-order valence-electron chi connectivity index (χ0n) is 11.0. The van der Waals surface area contributed by atoms with Crippen LogP contribution in [0.2, 0.25) is 5.15 Å². The number of hydrogen-bond donors (Lipinski definition) is 1. The highest BCUT2D eigenvalue weighted by Crippen LogP contribution is 2.24. The lowest BCUT2D eigenvalue weighted by Crippen LogP contribution is -2.02. The first-order valence-electron chi connectivity index (χ1n) is 5.75. The quantitative estimate of drug-likeness (QED) is 0.859. The maximum atomic E-state index is 13.3. The molecule has 2 rings (SSSR count). The number of nitrogens with zero attached hydrogens (tertiary/aromatic N) is 2. The molecule has 0 amide bonds. The van der Waals surface area contributed by atoms with Crippen LogP contribution in [0.4, 0.5) is 15.9 Å². The van der Waals surface area contributed by atoms with Gasteiger partial charge in [-0.2, -0.15) is 0 Å². The molecule has 106 valence electrons. The van der Waals surface area contributed by atoms with Crippen molar-refractivity contribution >= 4 is 23.1 Å². The third kappa shape index (κ3) is 3.55. The minimum atomic E-state index is -0.432. The largest absolute Gasteiger partial charge is 0.494 e. The summed E-state index contributed by atoms with van der Waals surface area (Å²) in [6, 6.07) is 5.97. The van der Waals surface area contributed by atoms with E-state index in [0.29, 0.717) is 22.5 Å². The van der Waals surface area contributed by atoms with Gasteiger partial charge in [0, 0.05) is 24.9 Å². The standard InChI is InChI=1S/C13H13ClFN3O2/c1-19-7-13-17-11(14)6-12(18-13)16-8-3-4-9(15)10(5-8)20-2/h3-6H,7H2,1-2H3,(H,16,17,18). The molecule has 5 nitrogen and oxygen atoms in total. The number of ether oxygens (including phenoxy) is 2. The van der Waals surface area contributed by atoms with Gasteiger partial charge in [0.1, 0.15) is 17.6 Å². The number of halogens is 2. The van der Waals surface area contributed by atoms with Gasteiger partial charge in [-0.3, -0.25) is 0 Å². The van der Waals surface area contributed by atoms with Crippen LogP contribution in [-0.4, -0.2) is 24.2 Å². The Balaban J connectivity index is 2.25. The van der Waals surface area contributed by atoms with Gasteiger partial charge < -0.3 is 14.8 Å². The zero-order valence-corrected chi connectivity index (χ0v) is 11.7. The van der Waals surface area contributed by atoms with Crippen LogP contribution in [-0.2, 0) is 11.3 Å². The predicted octanol–water partition coefficient (Wildman–Crippen LogP) is 3.17. The zero-order chi connectivity index (χ0) is 14.5. The third-order valence-corrected chi connectivity index (χ3v) is 2.63. The van der Waals surface area contributed by atoms with Crippen LogP contribution in [0.15, 0.2) is 24.3 Å². The predicted molar refractivity (Wildman–Crippen MR) is 74.0 cm³/mol. The minimum absolute atomic E-state index is 0.146. The minimum Gasteiger partial charge on any atom is -0.494 e. The number of benzene rings is 1. The number of methoxy groups -OCH3 is 2. The average Bonchev–Trinajstić information content (AvgIpc) is 2.40. The van der Waals surface area contributed by atoms with Crippen LogP contribution >= 0.6 is 11.6 Å². The second-order valence-corrected chi connectivity index (χ2v) is 4.29. The molecule has 0 bridgehead atoms. The second-order valence-electron chi connectivity index (χ2n) is 3.90. The number of rotatable bonds is 5. The van der Waals surface area contributed by atoms with E-state index in [4.69, 9.17) is 21.1 Å². The molecule has 0 fully saturated rings. The van der Waals surface area contributed by atoms with Gasteiger partial charge in [-0.05, 0) is 12.1 Å². The van der Waals surface area contributed by atoms with E-state index in [1.54, 1.807) is 19.2 Å². The lowest BCUT2D eigenvalue weighted by Gasteiger charge is -2.09. The summed E-state index contributed by atoms with van der Waals surface area (Å²) in [4.78, 5) is 8.25. The molecule has 0 saturated heterocycles. The Bertz CT molecular complexity index is 610. The van der Waals surface area contributed by atoms with E-state index in [1.165, 1.54) is 19.2 Å². The molecule has 1 heterocycles. The summed E-state index contributed by atoms with van der Waals surface area (Å²) >= 11 is 5.90. The summed E-state index contributed by atoms with van der Waals surface area (Å²) in [6.45, 7) is 0.252. The van der Waals surface area contributed by atoms with Gasteiger partial charge in [0.2, 0.25) is 0 Å². The molecule has 20 heavy (non-hydrogen) atoms. The molecular formula is C13H13ClFN3O2. The fourth-order valence-corrected chi connectivity index (χ4v) is 1.81. The van der Waals surface area contributed by atoms with Crippen molar-refractivity contribution in [2.45, 2.75) is 6.61 Å². The van der Waals surface area contributed by atoms with E-state index < -0.39 is 5.82 Å².